The van der Waals surface area contributed by atoms with Gasteiger partial charge in [0.25, 0.3) is 0 Å². The second kappa shape index (κ2) is 10.3. The highest BCUT2D eigenvalue weighted by molar-refractivity contribution is 5.86. The van der Waals surface area contributed by atoms with Gasteiger partial charge in [-0.15, -0.1) is 0 Å². The van der Waals surface area contributed by atoms with Crippen LogP contribution in [0.25, 0.3) is 22.3 Å². The maximum absolute atomic E-state index is 12.5. The number of carbonyl (C=O) groups excluding carboxylic acids is 2. The maximum atomic E-state index is 12.5. The minimum Gasteiger partial charge on any atom is -0.447 e. The number of halogens is 6. The van der Waals surface area contributed by atoms with E-state index in [1.165, 1.54) is 24.8 Å². The van der Waals surface area contributed by atoms with Crippen molar-refractivity contribution in [3.05, 3.63) is 60.7 Å². The van der Waals surface area contributed by atoms with E-state index in [1.54, 1.807) is 24.3 Å². The molecule has 1 aromatic carbocycles. The van der Waals surface area contributed by atoms with Crippen LogP contribution >= 0.6 is 0 Å². The fraction of sp³-hybridized carbons (Fsp3) is 0.273. The van der Waals surface area contributed by atoms with Gasteiger partial charge in [-0.1, -0.05) is 24.3 Å². The van der Waals surface area contributed by atoms with Crippen LogP contribution < -0.4 is 0 Å². The van der Waals surface area contributed by atoms with E-state index in [-0.39, 0.29) is 0 Å². The number of carbonyl (C=O) groups is 2. The van der Waals surface area contributed by atoms with Gasteiger partial charge in [-0.25, -0.2) is 29.5 Å². The molecule has 3 aromatic rings. The number of alkyl halides is 6. The Bertz CT molecular complexity index is 1120. The van der Waals surface area contributed by atoms with E-state index in [2.05, 4.69) is 29.4 Å². The van der Waals surface area contributed by atoms with E-state index in [0.717, 1.165) is 0 Å². The summed E-state index contributed by atoms with van der Waals surface area (Å²) in [7, 11) is 0. The highest BCUT2D eigenvalue weighted by Crippen LogP contribution is 2.26. The quantitative estimate of drug-likeness (QED) is 0.341. The zero-order chi connectivity index (χ0) is 26.7. The van der Waals surface area contributed by atoms with Gasteiger partial charge in [0.05, 0.1) is 0 Å². The lowest BCUT2D eigenvalue weighted by molar-refractivity contribution is -0.198. The summed E-state index contributed by atoms with van der Waals surface area (Å²) in [6, 6.07) is 6.58. The Morgan fingerprint density at radius 2 is 0.889 bits per heavy atom. The van der Waals surface area contributed by atoms with Crippen molar-refractivity contribution in [1.29, 1.82) is 0 Å². The molecule has 2 heterocycles. The maximum Gasteiger partial charge on any atom is 0.425 e. The molecule has 190 valence electrons. The number of ether oxygens (including phenoxy) is 2. The Hall–Kier alpha value is -4.10. The molecule has 8 nitrogen and oxygen atoms in total. The fourth-order valence-corrected chi connectivity index (χ4v) is 2.58. The normalized spacial score (nSPS) is 13.6. The number of hydrogen-bond acceptors (Lipinski definition) is 8. The van der Waals surface area contributed by atoms with Gasteiger partial charge in [0.2, 0.25) is 11.6 Å². The fourth-order valence-electron chi connectivity index (χ4n) is 2.58. The minimum absolute atomic E-state index is 0.454. The summed E-state index contributed by atoms with van der Waals surface area (Å²) < 4.78 is 83.7. The van der Waals surface area contributed by atoms with Crippen molar-refractivity contribution in [3.8, 4) is 22.3 Å². The highest BCUT2D eigenvalue weighted by atomic mass is 19.4. The average Bonchev–Trinajstić information content (AvgIpc) is 2.83. The number of benzene rings is 1. The van der Waals surface area contributed by atoms with Crippen molar-refractivity contribution < 1.29 is 45.4 Å². The Morgan fingerprint density at radius 1 is 0.611 bits per heavy atom. The van der Waals surface area contributed by atoms with Crippen molar-refractivity contribution in [2.45, 2.75) is 38.4 Å². The second-order valence-electron chi connectivity index (χ2n) is 7.35. The number of hydrogen-bond donors (Lipinski definition) is 0. The molecule has 0 aliphatic rings. The van der Waals surface area contributed by atoms with E-state index >= 15 is 0 Å². The molecule has 0 saturated carbocycles. The molecule has 0 fully saturated rings. The Labute approximate surface area is 199 Å². The van der Waals surface area contributed by atoms with Crippen LogP contribution in [0.1, 0.15) is 35.1 Å². The molecular weight excluding hydrogens is 498 g/mol. The lowest BCUT2D eigenvalue weighted by atomic mass is 10.0. The predicted molar refractivity (Wildman–Crippen MR) is 110 cm³/mol. The third-order valence-electron chi connectivity index (χ3n) is 4.71. The number of rotatable bonds is 6. The predicted octanol–water partition coefficient (Wildman–Crippen LogP) is 4.82. The van der Waals surface area contributed by atoms with Gasteiger partial charge >= 0.3 is 24.3 Å². The smallest absolute Gasteiger partial charge is 0.425 e. The third-order valence-corrected chi connectivity index (χ3v) is 4.71. The molecule has 0 unspecified atom stereocenters. The molecule has 0 saturated heterocycles. The van der Waals surface area contributed by atoms with Crippen LogP contribution in [0.4, 0.5) is 26.3 Å². The highest BCUT2D eigenvalue weighted by Gasteiger charge is 2.40. The van der Waals surface area contributed by atoms with Gasteiger partial charge in [-0.3, -0.25) is 0 Å². The van der Waals surface area contributed by atoms with Gasteiger partial charge in [0.15, 0.2) is 12.2 Å². The molecule has 36 heavy (non-hydrogen) atoms. The van der Waals surface area contributed by atoms with Crippen LogP contribution in [0.5, 0.6) is 0 Å². The van der Waals surface area contributed by atoms with E-state index in [4.69, 9.17) is 0 Å². The first-order valence-electron chi connectivity index (χ1n) is 10.1. The molecule has 0 radical (unpaired) electrons. The molecule has 2 atom stereocenters. The lowest BCUT2D eigenvalue weighted by Gasteiger charge is -2.15. The molecule has 0 aliphatic carbocycles. The molecule has 0 spiro atoms. The van der Waals surface area contributed by atoms with Crippen LogP contribution in [0.3, 0.4) is 0 Å². The second-order valence-corrected chi connectivity index (χ2v) is 7.35. The average molecular weight is 514 g/mol. The Balaban J connectivity index is 1.67. The standard InChI is InChI=1S/C22H16F6N4O4/c1-11(21(23,24)25)35-19(33)17-29-7-15(8-30-17)13-3-5-14(6-4-13)16-9-31-18(32-10-16)20(34)36-12(2)22(26,27)28/h3-12H,1-2H3/t11-,12-/m0/s1. The van der Waals surface area contributed by atoms with Crippen molar-refractivity contribution in [3.63, 3.8) is 0 Å². The zero-order valence-corrected chi connectivity index (χ0v) is 18.5. The Morgan fingerprint density at radius 3 is 1.14 bits per heavy atom. The summed E-state index contributed by atoms with van der Waals surface area (Å²) in [6.45, 7) is 1.37. The van der Waals surface area contributed by atoms with Crippen LogP contribution in [0, 0.1) is 0 Å². The van der Waals surface area contributed by atoms with Crippen LogP contribution in [0.15, 0.2) is 49.1 Å². The van der Waals surface area contributed by atoms with Crippen molar-refractivity contribution in [2.24, 2.45) is 0 Å². The first kappa shape index (κ1) is 26.5. The monoisotopic (exact) mass is 514 g/mol. The molecular formula is C22H16F6N4O4. The van der Waals surface area contributed by atoms with E-state index in [1.807, 2.05) is 0 Å². The molecule has 2 aromatic heterocycles. The Kier molecular flexibility index (Phi) is 7.55. The largest absolute Gasteiger partial charge is 0.447 e. The van der Waals surface area contributed by atoms with Gasteiger partial charge in [-0.2, -0.15) is 26.3 Å². The van der Waals surface area contributed by atoms with Gasteiger partial charge in [-0.05, 0) is 25.0 Å². The zero-order valence-electron chi connectivity index (χ0n) is 18.5. The van der Waals surface area contributed by atoms with Crippen LogP contribution in [-0.4, -0.2) is 56.4 Å². The first-order chi connectivity index (χ1) is 16.8. The molecule has 0 N–H and O–H groups in total. The summed E-state index contributed by atoms with van der Waals surface area (Å²) in [5.41, 5.74) is 2.11. The summed E-state index contributed by atoms with van der Waals surface area (Å²) in [5, 5.41) is 0. The molecule has 3 rings (SSSR count). The van der Waals surface area contributed by atoms with Crippen LogP contribution in [-0.2, 0) is 9.47 Å². The van der Waals surface area contributed by atoms with Crippen molar-refractivity contribution >= 4 is 11.9 Å². The van der Waals surface area contributed by atoms with Crippen LogP contribution in [0.2, 0.25) is 0 Å². The van der Waals surface area contributed by atoms with Gasteiger partial charge in [0.1, 0.15) is 0 Å². The topological polar surface area (TPSA) is 104 Å². The summed E-state index contributed by atoms with van der Waals surface area (Å²) >= 11 is 0. The number of esters is 2. The SMILES string of the molecule is C[C@H](OC(=O)c1ncc(-c2ccc(-c3cnc(C(=O)O[C@@H](C)C(F)(F)F)nc3)cc2)cn1)C(F)(F)F. The number of nitrogens with zero attached hydrogens (tertiary/aromatic N) is 4. The van der Waals surface area contributed by atoms with Gasteiger partial charge < -0.3 is 9.47 Å². The van der Waals surface area contributed by atoms with Gasteiger partial charge in [0, 0.05) is 35.9 Å². The third kappa shape index (κ3) is 6.52. The summed E-state index contributed by atoms with van der Waals surface area (Å²) in [6.07, 6.45) is -9.09. The number of aromatic nitrogens is 4. The minimum atomic E-state index is -4.71. The van der Waals surface area contributed by atoms with E-state index in [9.17, 15) is 35.9 Å². The summed E-state index contributed by atoms with van der Waals surface area (Å²) in [4.78, 5) is 38.5. The molecule has 0 amide bonds. The van der Waals surface area contributed by atoms with E-state index in [0.29, 0.717) is 36.1 Å². The van der Waals surface area contributed by atoms with E-state index < -0.39 is 48.1 Å². The molecule has 0 bridgehead atoms. The van der Waals surface area contributed by atoms with Crippen molar-refractivity contribution in [1.82, 2.24) is 19.9 Å². The first-order valence-corrected chi connectivity index (χ1v) is 10.1. The lowest BCUT2D eigenvalue weighted by Crippen LogP contribution is -2.31. The van der Waals surface area contributed by atoms with Crippen molar-refractivity contribution in [2.75, 3.05) is 0 Å². The molecule has 14 heteroatoms. The summed E-state index contributed by atoms with van der Waals surface area (Å²) in [5.74, 6) is -3.71. The molecule has 0 aliphatic heterocycles.